The minimum absolute atomic E-state index is 0.0876. The third-order valence-electron chi connectivity index (χ3n) is 3.11. The first-order chi connectivity index (χ1) is 10.1. The van der Waals surface area contributed by atoms with Crippen LogP contribution < -0.4 is 0 Å². The van der Waals surface area contributed by atoms with Crippen molar-refractivity contribution >= 4 is 18.5 Å². The van der Waals surface area contributed by atoms with Gasteiger partial charge in [-0.3, -0.25) is 0 Å². The van der Waals surface area contributed by atoms with Crippen molar-refractivity contribution < 1.29 is 23.9 Å². The van der Waals surface area contributed by atoms with E-state index >= 15 is 0 Å². The molecule has 0 radical (unpaired) electrons. The zero-order valence-corrected chi connectivity index (χ0v) is 12.3. The van der Waals surface area contributed by atoms with Crippen LogP contribution in [-0.2, 0) is 30.3 Å². The van der Waals surface area contributed by atoms with Crippen molar-refractivity contribution in [2.45, 2.75) is 26.4 Å². The third-order valence-corrected chi connectivity index (χ3v) is 3.11. The lowest BCUT2D eigenvalue weighted by atomic mass is 9.79. The molecule has 114 valence electrons. The van der Waals surface area contributed by atoms with E-state index in [4.69, 9.17) is 9.47 Å². The fraction of sp³-hybridized carbons (Fsp3) is 0.438. The summed E-state index contributed by atoms with van der Waals surface area (Å²) in [7, 11) is 0. The fourth-order valence-electron chi connectivity index (χ4n) is 2.10. The Kier molecular flexibility index (Phi) is 6.75. The molecule has 5 nitrogen and oxygen atoms in total. The van der Waals surface area contributed by atoms with E-state index in [1.165, 1.54) is 0 Å². The van der Waals surface area contributed by atoms with Crippen molar-refractivity contribution in [3.05, 3.63) is 35.9 Å². The molecule has 0 saturated carbocycles. The average Bonchev–Trinajstić information content (AvgIpc) is 2.52. The molecule has 1 aromatic carbocycles. The summed E-state index contributed by atoms with van der Waals surface area (Å²) in [5.74, 6) is -0.700. The van der Waals surface area contributed by atoms with Crippen molar-refractivity contribution in [2.24, 2.45) is 5.41 Å². The topological polar surface area (TPSA) is 69.7 Å². The number of hydrogen-bond acceptors (Lipinski definition) is 5. The van der Waals surface area contributed by atoms with E-state index in [2.05, 4.69) is 0 Å². The number of benzene rings is 1. The van der Waals surface area contributed by atoms with E-state index in [-0.39, 0.29) is 19.6 Å². The highest BCUT2D eigenvalue weighted by molar-refractivity contribution is 5.93. The summed E-state index contributed by atoms with van der Waals surface area (Å²) in [6.45, 7) is 3.69. The van der Waals surface area contributed by atoms with Crippen LogP contribution in [0.15, 0.2) is 30.3 Å². The van der Waals surface area contributed by atoms with Crippen LogP contribution in [0.4, 0.5) is 0 Å². The van der Waals surface area contributed by atoms with Gasteiger partial charge < -0.3 is 19.1 Å². The van der Waals surface area contributed by atoms with Crippen LogP contribution in [0, 0.1) is 5.41 Å². The van der Waals surface area contributed by atoms with Gasteiger partial charge in [-0.15, -0.1) is 0 Å². The molecule has 1 aromatic rings. The summed E-state index contributed by atoms with van der Waals surface area (Å²) in [5, 5.41) is 0. The maximum atomic E-state index is 12.0. The van der Waals surface area contributed by atoms with E-state index in [9.17, 15) is 14.4 Å². The number of carbonyl (C=O) groups is 3. The van der Waals surface area contributed by atoms with Crippen LogP contribution in [0.1, 0.15) is 19.4 Å². The lowest BCUT2D eigenvalue weighted by Gasteiger charge is -2.29. The Morgan fingerprint density at radius 3 is 2.24 bits per heavy atom. The quantitative estimate of drug-likeness (QED) is 0.392. The normalized spacial score (nSPS) is 12.5. The Hall–Kier alpha value is -2.01. The van der Waals surface area contributed by atoms with Gasteiger partial charge in [-0.05, 0) is 25.8 Å². The molecule has 0 aliphatic rings. The molecule has 0 spiro atoms. The molecule has 0 amide bonds. The lowest BCUT2D eigenvalue weighted by molar-refractivity contribution is -0.169. The lowest BCUT2D eigenvalue weighted by Crippen LogP contribution is -2.48. The standard InChI is InChI=1S/C16H20O5/c1-3-20-14(15(19)21-4-2)16(11-17,12-18)10-13-8-6-5-7-9-13/h5-9,11-12,14H,3-4,10H2,1-2H3. The maximum absolute atomic E-state index is 12.0. The van der Waals surface area contributed by atoms with Crippen LogP contribution in [0.2, 0.25) is 0 Å². The first kappa shape index (κ1) is 17.0. The molecule has 0 aliphatic heterocycles. The average molecular weight is 292 g/mol. The SMILES string of the molecule is CCOC(=O)C(OCC)C(C=O)(C=O)Cc1ccccc1. The number of carbonyl (C=O) groups excluding carboxylic acids is 3. The minimum atomic E-state index is -1.58. The van der Waals surface area contributed by atoms with Crippen LogP contribution >= 0.6 is 0 Å². The molecule has 0 saturated heterocycles. The second-order valence-electron chi connectivity index (χ2n) is 4.60. The van der Waals surface area contributed by atoms with E-state index in [0.717, 1.165) is 5.56 Å². The summed E-state index contributed by atoms with van der Waals surface area (Å²) in [4.78, 5) is 35.2. The monoisotopic (exact) mass is 292 g/mol. The molecule has 21 heavy (non-hydrogen) atoms. The number of esters is 1. The Balaban J connectivity index is 3.12. The van der Waals surface area contributed by atoms with Gasteiger partial charge >= 0.3 is 5.97 Å². The van der Waals surface area contributed by atoms with Crippen molar-refractivity contribution in [1.82, 2.24) is 0 Å². The third kappa shape index (κ3) is 4.23. The van der Waals surface area contributed by atoms with Crippen LogP contribution in [0.3, 0.4) is 0 Å². The van der Waals surface area contributed by atoms with Crippen LogP contribution in [0.5, 0.6) is 0 Å². The summed E-state index contributed by atoms with van der Waals surface area (Å²) < 4.78 is 10.3. The molecular formula is C16H20O5. The van der Waals surface area contributed by atoms with Gasteiger partial charge in [0.05, 0.1) is 6.61 Å². The van der Waals surface area contributed by atoms with Crippen molar-refractivity contribution in [3.63, 3.8) is 0 Å². The largest absolute Gasteiger partial charge is 0.464 e. The molecule has 5 heteroatoms. The van der Waals surface area contributed by atoms with Crippen molar-refractivity contribution in [1.29, 1.82) is 0 Å². The van der Waals surface area contributed by atoms with Gasteiger partial charge in [-0.25, -0.2) is 4.79 Å². The van der Waals surface area contributed by atoms with Gasteiger partial charge in [0.15, 0.2) is 6.10 Å². The smallest absolute Gasteiger partial charge is 0.336 e. The van der Waals surface area contributed by atoms with E-state index in [1.807, 2.05) is 6.07 Å². The fourth-order valence-corrected chi connectivity index (χ4v) is 2.10. The molecular weight excluding hydrogens is 272 g/mol. The van der Waals surface area contributed by atoms with Crippen molar-refractivity contribution in [2.75, 3.05) is 13.2 Å². The summed E-state index contributed by atoms with van der Waals surface area (Å²) in [6.07, 6.45) is -0.198. The summed E-state index contributed by atoms with van der Waals surface area (Å²) in [6, 6.07) is 9.01. The first-order valence-electron chi connectivity index (χ1n) is 6.88. The van der Waals surface area contributed by atoms with Crippen LogP contribution in [0.25, 0.3) is 0 Å². The molecule has 0 N–H and O–H groups in total. The number of rotatable bonds is 9. The predicted molar refractivity (Wildman–Crippen MR) is 76.8 cm³/mol. The highest BCUT2D eigenvalue weighted by Gasteiger charge is 2.45. The molecule has 1 unspecified atom stereocenters. The second-order valence-corrected chi connectivity index (χ2v) is 4.60. The van der Waals surface area contributed by atoms with Gasteiger partial charge in [0.2, 0.25) is 0 Å². The Morgan fingerprint density at radius 1 is 1.14 bits per heavy atom. The van der Waals surface area contributed by atoms with E-state index in [0.29, 0.717) is 12.6 Å². The van der Waals surface area contributed by atoms with Crippen LogP contribution in [-0.4, -0.2) is 37.9 Å². The Morgan fingerprint density at radius 2 is 1.76 bits per heavy atom. The first-order valence-corrected chi connectivity index (χ1v) is 6.88. The predicted octanol–water partition coefficient (Wildman–Crippen LogP) is 1.58. The second kappa shape index (κ2) is 8.32. The maximum Gasteiger partial charge on any atom is 0.336 e. The molecule has 0 fully saturated rings. The molecule has 0 bridgehead atoms. The number of ether oxygens (including phenoxy) is 2. The summed E-state index contributed by atoms with van der Waals surface area (Å²) >= 11 is 0. The van der Waals surface area contributed by atoms with Gasteiger partial charge in [0.1, 0.15) is 18.0 Å². The van der Waals surface area contributed by atoms with Gasteiger partial charge in [-0.1, -0.05) is 30.3 Å². The highest BCUT2D eigenvalue weighted by atomic mass is 16.6. The molecule has 0 aromatic heterocycles. The number of hydrogen-bond donors (Lipinski definition) is 0. The minimum Gasteiger partial charge on any atom is -0.464 e. The molecule has 0 heterocycles. The summed E-state index contributed by atoms with van der Waals surface area (Å²) in [5.41, 5.74) is -0.811. The molecule has 1 atom stereocenters. The van der Waals surface area contributed by atoms with E-state index in [1.54, 1.807) is 38.1 Å². The Labute approximate surface area is 124 Å². The van der Waals surface area contributed by atoms with Gasteiger partial charge in [0.25, 0.3) is 0 Å². The van der Waals surface area contributed by atoms with Gasteiger partial charge in [0, 0.05) is 6.61 Å². The number of aldehydes is 2. The highest BCUT2D eigenvalue weighted by Crippen LogP contribution is 2.26. The van der Waals surface area contributed by atoms with E-state index < -0.39 is 17.5 Å². The molecule has 0 aliphatic carbocycles. The van der Waals surface area contributed by atoms with Crippen molar-refractivity contribution in [3.8, 4) is 0 Å². The van der Waals surface area contributed by atoms with Gasteiger partial charge in [-0.2, -0.15) is 0 Å². The zero-order chi connectivity index (χ0) is 15.7. The zero-order valence-electron chi connectivity index (χ0n) is 12.3. The Bertz CT molecular complexity index is 461. The molecule has 1 rings (SSSR count).